The van der Waals surface area contributed by atoms with Gasteiger partial charge in [0.2, 0.25) is 0 Å². The molecule has 60 valence electrons. The second kappa shape index (κ2) is 3.38. The largest absolute Gasteiger partial charge is 0.317 e. The molecule has 1 aliphatic rings. The van der Waals surface area contributed by atoms with E-state index in [-0.39, 0.29) is 0 Å². The van der Waals surface area contributed by atoms with Crippen molar-refractivity contribution in [3.8, 4) is 0 Å². The predicted molar refractivity (Wildman–Crippen MR) is 45.0 cm³/mol. The third kappa shape index (κ3) is 1.72. The van der Waals surface area contributed by atoms with E-state index in [0.29, 0.717) is 0 Å². The highest BCUT2D eigenvalue weighted by atomic mass is 14.9. The van der Waals surface area contributed by atoms with Crippen LogP contribution in [0.4, 0.5) is 0 Å². The third-order valence-electron chi connectivity index (χ3n) is 3.01. The van der Waals surface area contributed by atoms with Gasteiger partial charge in [-0.1, -0.05) is 13.8 Å². The molecule has 1 N–H and O–H groups in total. The van der Waals surface area contributed by atoms with Crippen LogP contribution >= 0.6 is 0 Å². The summed E-state index contributed by atoms with van der Waals surface area (Å²) < 4.78 is 0. The monoisotopic (exact) mass is 141 g/mol. The Kier molecular flexibility index (Phi) is 2.72. The first kappa shape index (κ1) is 8.06. The van der Waals surface area contributed by atoms with Crippen LogP contribution in [0.5, 0.6) is 0 Å². The van der Waals surface area contributed by atoms with Crippen molar-refractivity contribution in [2.45, 2.75) is 39.2 Å². The molecule has 0 saturated heterocycles. The van der Waals surface area contributed by atoms with Gasteiger partial charge in [0.1, 0.15) is 0 Å². The lowest BCUT2D eigenvalue weighted by atomic mass is 9.79. The van der Waals surface area contributed by atoms with Crippen LogP contribution in [0, 0.1) is 11.8 Å². The Morgan fingerprint density at radius 3 is 2.30 bits per heavy atom. The van der Waals surface area contributed by atoms with Gasteiger partial charge in [0.05, 0.1) is 0 Å². The summed E-state index contributed by atoms with van der Waals surface area (Å²) in [4.78, 5) is 0. The molecule has 1 saturated carbocycles. The molecule has 0 aromatic rings. The van der Waals surface area contributed by atoms with Gasteiger partial charge in [0.15, 0.2) is 0 Å². The molecule has 0 radical (unpaired) electrons. The van der Waals surface area contributed by atoms with Gasteiger partial charge in [-0.25, -0.2) is 0 Å². The zero-order chi connectivity index (χ0) is 7.56. The van der Waals surface area contributed by atoms with Gasteiger partial charge in [-0.05, 0) is 38.1 Å². The van der Waals surface area contributed by atoms with Crippen LogP contribution in [0.2, 0.25) is 0 Å². The quantitative estimate of drug-likeness (QED) is 0.589. The van der Waals surface area contributed by atoms with Crippen molar-refractivity contribution in [1.82, 2.24) is 5.32 Å². The van der Waals surface area contributed by atoms with E-state index in [0.717, 1.165) is 17.9 Å². The van der Waals surface area contributed by atoms with Crippen molar-refractivity contribution in [2.75, 3.05) is 7.05 Å². The first-order valence-corrected chi connectivity index (χ1v) is 4.41. The predicted octanol–water partition coefficient (Wildman–Crippen LogP) is 2.03. The molecule has 0 aliphatic heterocycles. The van der Waals surface area contributed by atoms with Crippen LogP contribution in [0.1, 0.15) is 33.1 Å². The number of nitrogens with one attached hydrogen (secondary N) is 1. The summed E-state index contributed by atoms with van der Waals surface area (Å²) >= 11 is 0. The maximum absolute atomic E-state index is 3.35. The fourth-order valence-electron chi connectivity index (χ4n) is 1.81. The van der Waals surface area contributed by atoms with Crippen LogP contribution in [-0.2, 0) is 0 Å². The highest BCUT2D eigenvalue weighted by molar-refractivity contribution is 4.78. The highest BCUT2D eigenvalue weighted by Crippen LogP contribution is 2.28. The Bertz CT molecular complexity index is 101. The van der Waals surface area contributed by atoms with Crippen LogP contribution in [0.25, 0.3) is 0 Å². The molecule has 3 atom stereocenters. The Balaban J connectivity index is 2.33. The maximum Gasteiger partial charge on any atom is 0.00668 e. The molecule has 0 aromatic heterocycles. The lowest BCUT2D eigenvalue weighted by Gasteiger charge is -2.31. The molecule has 0 aromatic carbocycles. The summed E-state index contributed by atoms with van der Waals surface area (Å²) in [6.45, 7) is 4.74. The van der Waals surface area contributed by atoms with E-state index < -0.39 is 0 Å². The zero-order valence-corrected chi connectivity index (χ0v) is 7.35. The molecule has 1 nitrogen and oxygen atoms in total. The molecular weight excluding hydrogens is 122 g/mol. The van der Waals surface area contributed by atoms with Crippen LogP contribution < -0.4 is 5.32 Å². The molecule has 0 heterocycles. The van der Waals surface area contributed by atoms with E-state index in [9.17, 15) is 0 Å². The highest BCUT2D eigenvalue weighted by Gasteiger charge is 2.22. The fourth-order valence-corrected chi connectivity index (χ4v) is 1.81. The molecule has 1 aliphatic carbocycles. The minimum atomic E-state index is 0.797. The van der Waals surface area contributed by atoms with Crippen LogP contribution in [0.15, 0.2) is 0 Å². The molecule has 1 heteroatoms. The van der Waals surface area contributed by atoms with Gasteiger partial charge in [0.25, 0.3) is 0 Å². The molecule has 10 heavy (non-hydrogen) atoms. The molecule has 1 fully saturated rings. The summed E-state index contributed by atoms with van der Waals surface area (Å²) in [5.41, 5.74) is 0. The van der Waals surface area contributed by atoms with E-state index in [1.807, 2.05) is 0 Å². The first-order valence-electron chi connectivity index (χ1n) is 4.41. The number of hydrogen-bond acceptors (Lipinski definition) is 1. The Morgan fingerprint density at radius 2 is 1.80 bits per heavy atom. The second-order valence-electron chi connectivity index (χ2n) is 3.75. The Morgan fingerprint density at radius 1 is 1.10 bits per heavy atom. The van der Waals surface area contributed by atoms with Gasteiger partial charge < -0.3 is 5.32 Å². The summed E-state index contributed by atoms with van der Waals surface area (Å²) in [5, 5.41) is 3.35. The lowest BCUT2D eigenvalue weighted by Crippen LogP contribution is -2.33. The number of hydrogen-bond donors (Lipinski definition) is 1. The van der Waals surface area contributed by atoms with Crippen molar-refractivity contribution >= 4 is 0 Å². The average molecular weight is 141 g/mol. The summed E-state index contributed by atoms with van der Waals surface area (Å²) in [5.74, 6) is 1.87. The Labute approximate surface area is 64.2 Å². The minimum absolute atomic E-state index is 0.797. The van der Waals surface area contributed by atoms with Gasteiger partial charge in [-0.3, -0.25) is 0 Å². The maximum atomic E-state index is 3.35. The third-order valence-corrected chi connectivity index (χ3v) is 3.01. The summed E-state index contributed by atoms with van der Waals surface area (Å²) in [6.07, 6.45) is 4.16. The van der Waals surface area contributed by atoms with Gasteiger partial charge >= 0.3 is 0 Å². The SMILES string of the molecule is CN[C@@H]1CC[C@@H](C)[C@H](C)C1. The molecular formula is C9H19N. The number of rotatable bonds is 1. The smallest absolute Gasteiger partial charge is 0.00668 e. The van der Waals surface area contributed by atoms with Crippen LogP contribution in [0.3, 0.4) is 0 Å². The van der Waals surface area contributed by atoms with Crippen molar-refractivity contribution in [3.05, 3.63) is 0 Å². The standard InChI is InChI=1S/C9H19N/c1-7-4-5-9(10-3)6-8(7)2/h7-10H,4-6H2,1-3H3/t7-,8-,9-/m1/s1. The van der Waals surface area contributed by atoms with Crippen molar-refractivity contribution in [2.24, 2.45) is 11.8 Å². The first-order chi connectivity index (χ1) is 4.74. The molecule has 1 rings (SSSR count). The summed E-state index contributed by atoms with van der Waals surface area (Å²) in [6, 6.07) is 0.797. The lowest BCUT2D eigenvalue weighted by molar-refractivity contribution is 0.233. The van der Waals surface area contributed by atoms with Crippen molar-refractivity contribution in [3.63, 3.8) is 0 Å². The summed E-state index contributed by atoms with van der Waals surface area (Å²) in [7, 11) is 2.08. The molecule has 0 unspecified atom stereocenters. The van der Waals surface area contributed by atoms with E-state index in [1.165, 1.54) is 19.3 Å². The fraction of sp³-hybridized carbons (Fsp3) is 1.00. The molecule has 0 bridgehead atoms. The van der Waals surface area contributed by atoms with Gasteiger partial charge in [-0.2, -0.15) is 0 Å². The normalized spacial score (nSPS) is 41.7. The average Bonchev–Trinajstić information content (AvgIpc) is 1.95. The zero-order valence-electron chi connectivity index (χ0n) is 7.35. The minimum Gasteiger partial charge on any atom is -0.317 e. The van der Waals surface area contributed by atoms with Crippen LogP contribution in [-0.4, -0.2) is 13.1 Å². The van der Waals surface area contributed by atoms with E-state index in [1.54, 1.807) is 0 Å². The molecule has 0 amide bonds. The second-order valence-corrected chi connectivity index (χ2v) is 3.75. The Hall–Kier alpha value is -0.0400. The van der Waals surface area contributed by atoms with Gasteiger partial charge in [-0.15, -0.1) is 0 Å². The van der Waals surface area contributed by atoms with E-state index in [2.05, 4.69) is 26.2 Å². The van der Waals surface area contributed by atoms with E-state index in [4.69, 9.17) is 0 Å². The topological polar surface area (TPSA) is 12.0 Å². The van der Waals surface area contributed by atoms with Gasteiger partial charge in [0, 0.05) is 6.04 Å². The molecule has 0 spiro atoms. The van der Waals surface area contributed by atoms with Crippen molar-refractivity contribution in [1.29, 1.82) is 0 Å². The van der Waals surface area contributed by atoms with E-state index >= 15 is 0 Å². The van der Waals surface area contributed by atoms with Crippen molar-refractivity contribution < 1.29 is 0 Å².